The second-order valence-electron chi connectivity index (χ2n) is 6.57. The van der Waals surface area contributed by atoms with Crippen LogP contribution >= 0.6 is 23.1 Å². The van der Waals surface area contributed by atoms with Gasteiger partial charge < -0.3 is 5.73 Å². The Hall–Kier alpha value is -3.07. The minimum atomic E-state index is -0.455. The van der Waals surface area contributed by atoms with Crippen LogP contribution in [0.15, 0.2) is 57.3 Å². The quantitative estimate of drug-likeness (QED) is 0.598. The number of thioether (sulfide) groups is 1. The molecule has 2 aliphatic rings. The number of carbonyl (C=O) groups excluding carboxylic acids is 1. The van der Waals surface area contributed by atoms with Gasteiger partial charge in [0, 0.05) is 17.7 Å². The van der Waals surface area contributed by atoms with Gasteiger partial charge in [-0.15, -0.1) is 16.6 Å². The average Bonchev–Trinajstić information content (AvgIpc) is 3.20. The monoisotopic (exact) mass is 419 g/mol. The summed E-state index contributed by atoms with van der Waals surface area (Å²) in [7, 11) is 0. The fourth-order valence-corrected chi connectivity index (χ4v) is 5.30. The summed E-state index contributed by atoms with van der Waals surface area (Å²) in [6.45, 7) is 0. The van der Waals surface area contributed by atoms with Gasteiger partial charge in [0.05, 0.1) is 23.3 Å². The Morgan fingerprint density at radius 3 is 2.83 bits per heavy atom. The highest BCUT2D eigenvalue weighted by molar-refractivity contribution is 8.01. The molecular formula is C21H17N5OS2. The van der Waals surface area contributed by atoms with Gasteiger partial charge in [-0.3, -0.25) is 9.69 Å². The lowest BCUT2D eigenvalue weighted by Crippen LogP contribution is -2.38. The normalized spacial score (nSPS) is 19.0. The smallest absolute Gasteiger partial charge is 0.219 e. The molecule has 4 rings (SSSR count). The van der Waals surface area contributed by atoms with Gasteiger partial charge in [-0.1, -0.05) is 59.4 Å². The number of anilines is 1. The Bertz CT molecular complexity index is 1100. The Labute approximate surface area is 177 Å². The largest absolute Gasteiger partial charge is 0.384 e. The molecule has 2 aromatic rings. The summed E-state index contributed by atoms with van der Waals surface area (Å²) in [5.41, 5.74) is 9.19. The van der Waals surface area contributed by atoms with Crippen molar-refractivity contribution in [2.75, 3.05) is 10.7 Å². The highest BCUT2D eigenvalue weighted by Gasteiger charge is 2.41. The zero-order valence-electron chi connectivity index (χ0n) is 15.5. The van der Waals surface area contributed by atoms with E-state index < -0.39 is 5.92 Å². The number of nitrogens with zero attached hydrogens (tertiary/aromatic N) is 4. The Morgan fingerprint density at radius 1 is 1.31 bits per heavy atom. The lowest BCUT2D eigenvalue weighted by atomic mass is 9.76. The molecule has 1 atom stereocenters. The molecule has 0 saturated carbocycles. The van der Waals surface area contributed by atoms with Gasteiger partial charge in [-0.05, 0) is 18.4 Å². The predicted octanol–water partition coefficient (Wildman–Crippen LogP) is 3.57. The van der Waals surface area contributed by atoms with Gasteiger partial charge in [-0.25, -0.2) is 0 Å². The number of terminal acetylenes is 1. The molecule has 6 nitrogen and oxygen atoms in total. The minimum absolute atomic E-state index is 0.0526. The molecule has 1 aliphatic heterocycles. The van der Waals surface area contributed by atoms with Crippen molar-refractivity contribution in [3.8, 4) is 18.4 Å². The lowest BCUT2D eigenvalue weighted by molar-refractivity contribution is -0.116. The molecule has 0 spiro atoms. The van der Waals surface area contributed by atoms with E-state index in [-0.39, 0.29) is 5.78 Å². The third-order valence-corrected chi connectivity index (χ3v) is 6.86. The number of allylic oxidation sites excluding steroid dienone is 3. The van der Waals surface area contributed by atoms with Crippen molar-refractivity contribution in [2.45, 2.75) is 29.5 Å². The highest BCUT2D eigenvalue weighted by Crippen LogP contribution is 2.46. The third kappa shape index (κ3) is 3.42. The number of hydrogen-bond donors (Lipinski definition) is 1. The van der Waals surface area contributed by atoms with Crippen LogP contribution < -0.4 is 10.6 Å². The van der Waals surface area contributed by atoms with Crippen LogP contribution in [0.3, 0.4) is 0 Å². The average molecular weight is 420 g/mol. The second kappa shape index (κ2) is 8.12. The first-order chi connectivity index (χ1) is 14.2. The van der Waals surface area contributed by atoms with Crippen LogP contribution in [0.1, 0.15) is 30.7 Å². The Balaban J connectivity index is 1.87. The number of nitriles is 1. The van der Waals surface area contributed by atoms with Gasteiger partial charge in [0.15, 0.2) is 10.1 Å². The van der Waals surface area contributed by atoms with Gasteiger partial charge in [-0.2, -0.15) is 5.26 Å². The minimum Gasteiger partial charge on any atom is -0.384 e. The molecule has 29 heavy (non-hydrogen) atoms. The van der Waals surface area contributed by atoms with Crippen LogP contribution in [0.5, 0.6) is 0 Å². The molecule has 1 aliphatic carbocycles. The van der Waals surface area contributed by atoms with E-state index in [0.29, 0.717) is 40.7 Å². The van der Waals surface area contributed by atoms with E-state index in [1.54, 1.807) is 4.90 Å². The van der Waals surface area contributed by atoms with Crippen LogP contribution in [-0.4, -0.2) is 21.7 Å². The van der Waals surface area contributed by atoms with Crippen molar-refractivity contribution < 1.29 is 4.79 Å². The van der Waals surface area contributed by atoms with Gasteiger partial charge >= 0.3 is 0 Å². The summed E-state index contributed by atoms with van der Waals surface area (Å²) >= 11 is 2.77. The molecule has 1 aromatic carbocycles. The number of hydrogen-bond acceptors (Lipinski definition) is 8. The summed E-state index contributed by atoms with van der Waals surface area (Å²) < 4.78 is 0.721. The fourth-order valence-electron chi connectivity index (χ4n) is 3.74. The first kappa shape index (κ1) is 19.3. The molecule has 0 bridgehead atoms. The first-order valence-corrected chi connectivity index (χ1v) is 10.9. The van der Waals surface area contributed by atoms with E-state index >= 15 is 0 Å². The molecule has 2 heterocycles. The third-order valence-electron chi connectivity index (χ3n) is 4.91. The first-order valence-electron chi connectivity index (χ1n) is 9.06. The maximum atomic E-state index is 13.0. The number of ketones is 1. The zero-order valence-corrected chi connectivity index (χ0v) is 17.1. The second-order valence-corrected chi connectivity index (χ2v) is 8.75. The number of nitrogens with two attached hydrogens (primary N) is 1. The molecule has 1 unspecified atom stereocenters. The SMILES string of the molecule is C#CCSc1nnc(N2C(N)=C(C#N)C(c3ccccc3)C3=C2CCCC3=O)s1. The molecule has 1 aromatic heterocycles. The molecule has 0 amide bonds. The fraction of sp³-hybridized carbons (Fsp3) is 0.238. The number of aromatic nitrogens is 2. The van der Waals surface area contributed by atoms with E-state index in [2.05, 4.69) is 22.2 Å². The lowest BCUT2D eigenvalue weighted by Gasteiger charge is -2.38. The van der Waals surface area contributed by atoms with Gasteiger partial charge in [0.25, 0.3) is 0 Å². The molecule has 144 valence electrons. The highest BCUT2D eigenvalue weighted by atomic mass is 32.2. The van der Waals surface area contributed by atoms with Crippen molar-refractivity contribution >= 4 is 34.0 Å². The molecule has 0 radical (unpaired) electrons. The maximum Gasteiger partial charge on any atom is 0.219 e. The van der Waals surface area contributed by atoms with E-state index in [9.17, 15) is 10.1 Å². The Morgan fingerprint density at radius 2 is 2.10 bits per heavy atom. The van der Waals surface area contributed by atoms with Crippen LogP contribution in [0.2, 0.25) is 0 Å². The van der Waals surface area contributed by atoms with Crippen molar-refractivity contribution in [2.24, 2.45) is 5.73 Å². The van der Waals surface area contributed by atoms with E-state index in [4.69, 9.17) is 12.2 Å². The van der Waals surface area contributed by atoms with Crippen molar-refractivity contribution in [1.82, 2.24) is 10.2 Å². The predicted molar refractivity (Wildman–Crippen MR) is 114 cm³/mol. The Kier molecular flexibility index (Phi) is 5.39. The molecule has 0 saturated heterocycles. The van der Waals surface area contributed by atoms with Crippen LogP contribution in [0.4, 0.5) is 5.13 Å². The summed E-state index contributed by atoms with van der Waals surface area (Å²) in [4.78, 5) is 14.7. The van der Waals surface area contributed by atoms with Crippen LogP contribution in [0.25, 0.3) is 0 Å². The van der Waals surface area contributed by atoms with Crippen LogP contribution in [-0.2, 0) is 4.79 Å². The zero-order chi connectivity index (χ0) is 20.4. The van der Waals surface area contributed by atoms with Gasteiger partial charge in [0.2, 0.25) is 5.13 Å². The molecular weight excluding hydrogens is 402 g/mol. The van der Waals surface area contributed by atoms with Crippen LogP contribution in [0, 0.1) is 23.7 Å². The standard InChI is InChI=1S/C21H17N5OS2/c1-2-11-28-21-25-24-20(29-21)26-15-9-6-10-16(27)18(15)17(14(12-22)19(26)23)13-7-4-3-5-8-13/h1,3-5,7-8,17H,6,9-11,23H2. The van der Waals surface area contributed by atoms with Crippen molar-refractivity contribution in [1.29, 1.82) is 5.26 Å². The van der Waals surface area contributed by atoms with E-state index in [1.165, 1.54) is 23.1 Å². The van der Waals surface area contributed by atoms with E-state index in [1.807, 2.05) is 30.3 Å². The summed E-state index contributed by atoms with van der Waals surface area (Å²) in [5.74, 6) is 2.96. The van der Waals surface area contributed by atoms with Gasteiger partial charge in [0.1, 0.15) is 5.82 Å². The topological polar surface area (TPSA) is 95.9 Å². The maximum absolute atomic E-state index is 13.0. The van der Waals surface area contributed by atoms with E-state index in [0.717, 1.165) is 22.0 Å². The number of rotatable bonds is 4. The molecule has 0 fully saturated rings. The molecule has 8 heteroatoms. The van der Waals surface area contributed by atoms with Crippen molar-refractivity contribution in [3.63, 3.8) is 0 Å². The number of Topliss-reactive ketones (excluding diaryl/α,β-unsaturated/α-hetero) is 1. The molecule has 2 N–H and O–H groups in total. The number of benzene rings is 1. The summed E-state index contributed by atoms with van der Waals surface area (Å²) in [6.07, 6.45) is 7.22. The summed E-state index contributed by atoms with van der Waals surface area (Å²) in [6, 6.07) is 11.8. The van der Waals surface area contributed by atoms with Crippen molar-refractivity contribution in [3.05, 3.63) is 58.6 Å². The summed E-state index contributed by atoms with van der Waals surface area (Å²) in [5, 5.41) is 18.9. The number of carbonyl (C=O) groups is 1.